The molecule has 1 radical (unpaired) electrons. The number of carboxylic acids is 2. The molecule has 0 spiro atoms. The Morgan fingerprint density at radius 3 is 1.30 bits per heavy atom. The summed E-state index contributed by atoms with van der Waals surface area (Å²) in [6, 6.07) is 0. The van der Waals surface area contributed by atoms with E-state index in [9.17, 15) is 0 Å². The van der Waals surface area contributed by atoms with Gasteiger partial charge in [0.1, 0.15) is 0 Å². The first-order chi connectivity index (χ1) is 3.46. The Balaban J connectivity index is -0.0000000300. The van der Waals surface area contributed by atoms with E-state index in [0.29, 0.717) is 0 Å². The molecule has 0 aliphatic heterocycles. The Morgan fingerprint density at radius 1 is 1.30 bits per heavy atom. The van der Waals surface area contributed by atoms with E-state index in [1.807, 2.05) is 0 Å². The maximum atomic E-state index is 8.89. The minimum absolute atomic E-state index is 0. The van der Waals surface area contributed by atoms with Crippen molar-refractivity contribution >= 4 is 11.9 Å². The van der Waals surface area contributed by atoms with Crippen LogP contribution >= 0.6 is 0 Å². The van der Waals surface area contributed by atoms with E-state index < -0.39 is 11.9 Å². The van der Waals surface area contributed by atoms with Gasteiger partial charge in [0.15, 0.2) is 0 Å². The van der Waals surface area contributed by atoms with Crippen molar-refractivity contribution in [2.45, 2.75) is 6.92 Å². The first-order valence-electron chi connectivity index (χ1n) is 1.67. The molecule has 0 aromatic heterocycles. The largest absolute Gasteiger partial charge is 2.00 e. The van der Waals surface area contributed by atoms with Crippen molar-refractivity contribution in [1.82, 2.24) is 0 Å². The zero-order chi connectivity index (χ0) is 7.15. The summed E-state index contributed by atoms with van der Waals surface area (Å²) in [5.74, 6) is -2.42. The van der Waals surface area contributed by atoms with Crippen molar-refractivity contribution in [2.75, 3.05) is 0 Å². The molecule has 0 saturated heterocycles. The van der Waals surface area contributed by atoms with Crippen LogP contribution in [0.5, 0.6) is 0 Å². The summed E-state index contributed by atoms with van der Waals surface area (Å²) in [7, 11) is 0. The topological polar surface area (TPSA) is 80.3 Å². The summed E-state index contributed by atoms with van der Waals surface area (Å²) >= 11 is 0. The van der Waals surface area contributed by atoms with Crippen LogP contribution in [-0.2, 0) is 43.1 Å². The molecular formula is C4H5MnNiO4-. The van der Waals surface area contributed by atoms with Crippen LogP contribution in [0.2, 0.25) is 0 Å². The Labute approximate surface area is 79.4 Å². The molecule has 0 N–H and O–H groups in total. The van der Waals surface area contributed by atoms with Crippen LogP contribution in [0.1, 0.15) is 6.92 Å². The Kier molecular flexibility index (Phi) is 35.9. The summed E-state index contributed by atoms with van der Waals surface area (Å²) in [4.78, 5) is 17.7. The third kappa shape index (κ3) is 11600. The second kappa shape index (κ2) is 15.9. The summed E-state index contributed by atoms with van der Waals surface area (Å²) in [5, 5.41) is 17.7. The zero-order valence-corrected chi connectivity index (χ0v) is 7.20. The average Bonchev–Trinajstić information content (AvgIpc) is 1.25. The standard InChI is InChI=1S/C2H4O2.C2H3O2.Mn.Ni/c2*1-2(3)4;;/h1H3,(H,3,4);1H2,(H,3,4);;/q;-1;;+2/p-2. The van der Waals surface area contributed by atoms with Crippen LogP contribution in [0.3, 0.4) is 0 Å². The Morgan fingerprint density at radius 2 is 1.30 bits per heavy atom. The molecule has 0 amide bonds. The predicted octanol–water partition coefficient (Wildman–Crippen LogP) is -2.68. The van der Waals surface area contributed by atoms with Gasteiger partial charge in [-0.2, -0.15) is 0 Å². The number of carbonyl (C=O) groups excluding carboxylic acids is 2. The van der Waals surface area contributed by atoms with Crippen molar-refractivity contribution < 1.29 is 53.4 Å². The van der Waals surface area contributed by atoms with Crippen LogP contribution in [0.4, 0.5) is 0 Å². The van der Waals surface area contributed by atoms with Gasteiger partial charge in [0.2, 0.25) is 0 Å². The number of rotatable bonds is 0. The van der Waals surface area contributed by atoms with Gasteiger partial charge >= 0.3 is 16.5 Å². The number of carboxylic acid groups (broad SMARTS) is 2. The fraction of sp³-hybridized carbons (Fsp3) is 0.250. The number of hydrogen-bond donors (Lipinski definition) is 0. The molecule has 0 rings (SSSR count). The number of carbonyl (C=O) groups is 2. The van der Waals surface area contributed by atoms with Gasteiger partial charge in [-0.1, -0.05) is 0 Å². The molecule has 0 aromatic rings. The van der Waals surface area contributed by atoms with E-state index in [-0.39, 0.29) is 33.6 Å². The van der Waals surface area contributed by atoms with Crippen molar-refractivity contribution in [3.05, 3.63) is 6.92 Å². The normalized spacial score (nSPS) is 4.90. The zero-order valence-electron chi connectivity index (χ0n) is 5.03. The van der Waals surface area contributed by atoms with E-state index in [0.717, 1.165) is 6.92 Å². The fourth-order valence-corrected chi connectivity index (χ4v) is 0. The summed E-state index contributed by atoms with van der Waals surface area (Å²) in [6.45, 7) is 3.42. The second-order valence-electron chi connectivity index (χ2n) is 0.864. The summed E-state index contributed by atoms with van der Waals surface area (Å²) in [6.07, 6.45) is 0. The van der Waals surface area contributed by atoms with Crippen LogP contribution in [-0.4, -0.2) is 11.9 Å². The number of aliphatic carboxylic acids is 2. The SMILES string of the molecule is CC(=O)[O-].[CH2-]C(=O)[O-].[Mn].[Ni+2]. The summed E-state index contributed by atoms with van der Waals surface area (Å²) < 4.78 is 0. The first kappa shape index (κ1) is 22.6. The molecule has 0 aliphatic carbocycles. The van der Waals surface area contributed by atoms with Gasteiger partial charge in [0.05, 0.1) is 0 Å². The van der Waals surface area contributed by atoms with Gasteiger partial charge in [0, 0.05) is 23.0 Å². The van der Waals surface area contributed by atoms with E-state index in [2.05, 4.69) is 6.92 Å². The van der Waals surface area contributed by atoms with Gasteiger partial charge in [0.25, 0.3) is 0 Å². The smallest absolute Gasteiger partial charge is 0.584 e. The van der Waals surface area contributed by atoms with E-state index in [4.69, 9.17) is 19.8 Å². The van der Waals surface area contributed by atoms with Gasteiger partial charge < -0.3 is 26.7 Å². The van der Waals surface area contributed by atoms with E-state index in [1.54, 1.807) is 0 Å². The molecule has 0 aromatic carbocycles. The molecule has 0 heterocycles. The molecule has 0 bridgehead atoms. The van der Waals surface area contributed by atoms with Crippen LogP contribution < -0.4 is 10.2 Å². The van der Waals surface area contributed by atoms with Gasteiger partial charge in [-0.05, 0) is 6.92 Å². The fourth-order valence-electron chi connectivity index (χ4n) is 0. The van der Waals surface area contributed by atoms with Crippen molar-refractivity contribution in [1.29, 1.82) is 0 Å². The third-order valence-corrected chi connectivity index (χ3v) is 0. The van der Waals surface area contributed by atoms with Crippen molar-refractivity contribution in [3.63, 3.8) is 0 Å². The minimum Gasteiger partial charge on any atom is -0.584 e. The number of hydrogen-bond acceptors (Lipinski definition) is 4. The van der Waals surface area contributed by atoms with Crippen LogP contribution in [0.25, 0.3) is 0 Å². The third-order valence-electron chi connectivity index (χ3n) is 0. The van der Waals surface area contributed by atoms with Crippen molar-refractivity contribution in [2.24, 2.45) is 0 Å². The second-order valence-corrected chi connectivity index (χ2v) is 0.864. The Bertz CT molecular complexity index is 75.3. The Hall–Kier alpha value is -0.177. The van der Waals surface area contributed by atoms with E-state index in [1.165, 1.54) is 0 Å². The molecule has 6 heteroatoms. The molecular weight excluding hydrogens is 226 g/mol. The van der Waals surface area contributed by atoms with Crippen LogP contribution in [0.15, 0.2) is 0 Å². The molecule has 4 nitrogen and oxygen atoms in total. The predicted molar refractivity (Wildman–Crippen MR) is 21.0 cm³/mol. The monoisotopic (exact) mass is 230 g/mol. The molecule has 0 saturated carbocycles. The molecule has 63 valence electrons. The quantitative estimate of drug-likeness (QED) is 0.336. The molecule has 0 aliphatic rings. The van der Waals surface area contributed by atoms with Gasteiger partial charge in [-0.25, -0.2) is 0 Å². The van der Waals surface area contributed by atoms with Crippen molar-refractivity contribution in [3.8, 4) is 0 Å². The van der Waals surface area contributed by atoms with Gasteiger partial charge in [-0.3, -0.25) is 0 Å². The molecule has 0 unspecified atom stereocenters. The summed E-state index contributed by atoms with van der Waals surface area (Å²) in [5.41, 5.74) is 0. The minimum atomic E-state index is -1.33. The average molecular weight is 231 g/mol. The molecule has 0 fully saturated rings. The first-order valence-corrected chi connectivity index (χ1v) is 1.67. The van der Waals surface area contributed by atoms with E-state index >= 15 is 0 Å². The maximum absolute atomic E-state index is 8.89. The van der Waals surface area contributed by atoms with Gasteiger partial charge in [-0.15, -0.1) is 5.97 Å². The molecule has 10 heavy (non-hydrogen) atoms. The molecule has 0 atom stereocenters. The maximum Gasteiger partial charge on any atom is 2.00 e. The van der Waals surface area contributed by atoms with Crippen LogP contribution in [0, 0.1) is 6.92 Å².